The molecular weight excluding hydrogens is 607 g/mol. The first-order valence-electron chi connectivity index (χ1n) is 20.0. The number of hydrogen-bond acceptors (Lipinski definition) is 4. The predicted molar refractivity (Wildman–Crippen MR) is 202 cm³/mol. The Hall–Kier alpha value is -1.18. The minimum atomic E-state index is -4.30. The first kappa shape index (κ1) is 45.8. The van der Waals surface area contributed by atoms with Crippen molar-refractivity contribution < 1.29 is 22.9 Å². The largest absolute Gasteiger partial charge is 0.391 e. The second kappa shape index (κ2) is 34.7. The Morgan fingerprint density at radius 3 is 1.38 bits per heavy atom. The number of amides is 1. The normalized spacial score (nSPS) is 13.5. The third-order valence-electron chi connectivity index (χ3n) is 9.16. The van der Waals surface area contributed by atoms with Gasteiger partial charge in [-0.05, 0) is 44.9 Å². The smallest absolute Gasteiger partial charge is 0.266 e. The molecule has 3 N–H and O–H groups in total. The summed E-state index contributed by atoms with van der Waals surface area (Å²) in [6.45, 7) is 4.49. The molecular formula is C40H77NO5S. The van der Waals surface area contributed by atoms with Gasteiger partial charge in [0, 0.05) is 6.42 Å². The van der Waals surface area contributed by atoms with Crippen LogP contribution in [-0.4, -0.2) is 41.9 Å². The fraction of sp³-hybridized carbons (Fsp3) is 0.875. The summed E-state index contributed by atoms with van der Waals surface area (Å²) in [6, 6.07) is -0.970. The van der Waals surface area contributed by atoms with E-state index in [0.29, 0.717) is 12.8 Å². The summed E-state index contributed by atoms with van der Waals surface area (Å²) < 4.78 is 32.4. The van der Waals surface area contributed by atoms with Crippen LogP contribution in [0.4, 0.5) is 0 Å². The number of rotatable bonds is 36. The van der Waals surface area contributed by atoms with Gasteiger partial charge in [-0.2, -0.15) is 8.42 Å². The minimum absolute atomic E-state index is 0.250. The SMILES string of the molecule is CCCCCCC/C=C\C/C=C\CCCCCCCCCCCC(=O)NC(CS(=O)(=O)O)C(O)CCCCCCCCCCCCC. The maximum Gasteiger partial charge on any atom is 0.266 e. The van der Waals surface area contributed by atoms with E-state index in [0.717, 1.165) is 44.9 Å². The molecule has 0 heterocycles. The average Bonchev–Trinajstić information content (AvgIpc) is 3.03. The van der Waals surface area contributed by atoms with Crippen LogP contribution in [0.1, 0.15) is 206 Å². The average molecular weight is 684 g/mol. The fourth-order valence-corrected chi connectivity index (χ4v) is 6.89. The van der Waals surface area contributed by atoms with Gasteiger partial charge in [0.15, 0.2) is 0 Å². The molecule has 2 atom stereocenters. The van der Waals surface area contributed by atoms with Crippen LogP contribution >= 0.6 is 0 Å². The number of unbranched alkanes of at least 4 members (excludes halogenated alkanes) is 24. The zero-order valence-electron chi connectivity index (χ0n) is 30.9. The van der Waals surface area contributed by atoms with Crippen LogP contribution in [0, 0.1) is 0 Å². The van der Waals surface area contributed by atoms with Crippen molar-refractivity contribution in [1.29, 1.82) is 0 Å². The van der Waals surface area contributed by atoms with Gasteiger partial charge in [-0.3, -0.25) is 9.35 Å². The van der Waals surface area contributed by atoms with Crippen LogP contribution in [-0.2, 0) is 14.9 Å². The van der Waals surface area contributed by atoms with Crippen LogP contribution in [0.15, 0.2) is 24.3 Å². The highest BCUT2D eigenvalue weighted by Crippen LogP contribution is 2.15. The van der Waals surface area contributed by atoms with Crippen LogP contribution in [0.3, 0.4) is 0 Å². The Bertz CT molecular complexity index is 842. The molecule has 0 rings (SSSR count). The van der Waals surface area contributed by atoms with Gasteiger partial charge < -0.3 is 10.4 Å². The molecule has 0 saturated carbocycles. The van der Waals surface area contributed by atoms with Crippen molar-refractivity contribution in [2.45, 2.75) is 219 Å². The molecule has 7 heteroatoms. The zero-order chi connectivity index (χ0) is 34.7. The van der Waals surface area contributed by atoms with Gasteiger partial charge in [0.25, 0.3) is 10.1 Å². The Morgan fingerprint density at radius 2 is 0.957 bits per heavy atom. The van der Waals surface area contributed by atoms with Gasteiger partial charge in [0.2, 0.25) is 5.91 Å². The van der Waals surface area contributed by atoms with E-state index in [2.05, 4.69) is 43.5 Å². The summed E-state index contributed by atoms with van der Waals surface area (Å²) in [4.78, 5) is 12.5. The van der Waals surface area contributed by atoms with E-state index < -0.39 is 28.0 Å². The first-order valence-corrected chi connectivity index (χ1v) is 21.6. The molecule has 0 aromatic carbocycles. The summed E-state index contributed by atoms with van der Waals surface area (Å²) >= 11 is 0. The third kappa shape index (κ3) is 35.9. The number of aliphatic hydroxyl groups excluding tert-OH is 1. The van der Waals surface area contributed by atoms with Crippen LogP contribution in [0.2, 0.25) is 0 Å². The number of allylic oxidation sites excluding steroid dienone is 4. The molecule has 6 nitrogen and oxygen atoms in total. The Kier molecular flexibility index (Phi) is 33.8. The van der Waals surface area contributed by atoms with E-state index >= 15 is 0 Å². The van der Waals surface area contributed by atoms with E-state index in [1.54, 1.807) is 0 Å². The third-order valence-corrected chi connectivity index (χ3v) is 9.94. The molecule has 47 heavy (non-hydrogen) atoms. The lowest BCUT2D eigenvalue weighted by Crippen LogP contribution is -2.47. The lowest BCUT2D eigenvalue weighted by atomic mass is 10.0. The second-order valence-electron chi connectivity index (χ2n) is 13.9. The van der Waals surface area contributed by atoms with Gasteiger partial charge in [0.05, 0.1) is 17.9 Å². The van der Waals surface area contributed by atoms with Gasteiger partial charge in [-0.25, -0.2) is 0 Å². The Balaban J connectivity index is 3.83. The van der Waals surface area contributed by atoms with Gasteiger partial charge >= 0.3 is 0 Å². The quantitative estimate of drug-likeness (QED) is 0.0346. The van der Waals surface area contributed by atoms with E-state index in [1.165, 1.54) is 135 Å². The van der Waals surface area contributed by atoms with Crippen molar-refractivity contribution in [2.75, 3.05) is 5.75 Å². The molecule has 0 saturated heterocycles. The summed E-state index contributed by atoms with van der Waals surface area (Å²) in [5, 5.41) is 13.3. The molecule has 1 amide bonds. The summed E-state index contributed by atoms with van der Waals surface area (Å²) in [5.41, 5.74) is 0. The minimum Gasteiger partial charge on any atom is -0.391 e. The molecule has 0 aliphatic carbocycles. The van der Waals surface area contributed by atoms with E-state index in [-0.39, 0.29) is 5.91 Å². The molecule has 0 spiro atoms. The number of carbonyl (C=O) groups is 1. The molecule has 0 aliphatic heterocycles. The van der Waals surface area contributed by atoms with Gasteiger partial charge in [-0.15, -0.1) is 0 Å². The standard InChI is InChI=1S/C40H77NO5S/c1-3-5-7-9-11-13-15-16-17-18-19-20-21-22-23-24-26-28-30-32-34-36-40(43)41-38(37-47(44,45)46)39(42)35-33-31-29-27-25-14-12-10-8-6-4-2/h15-16,18-19,38-39,42H,3-14,17,20-37H2,1-2H3,(H,41,43)(H,44,45,46)/b16-15-,19-18-. The number of aliphatic hydroxyl groups is 1. The predicted octanol–water partition coefficient (Wildman–Crippen LogP) is 11.6. The monoisotopic (exact) mass is 684 g/mol. The van der Waals surface area contributed by atoms with Crippen molar-refractivity contribution >= 4 is 16.0 Å². The second-order valence-corrected chi connectivity index (χ2v) is 15.4. The summed E-state index contributed by atoms with van der Waals surface area (Å²) in [7, 11) is -4.30. The van der Waals surface area contributed by atoms with Crippen molar-refractivity contribution in [3.8, 4) is 0 Å². The van der Waals surface area contributed by atoms with Crippen molar-refractivity contribution in [1.82, 2.24) is 5.32 Å². The summed E-state index contributed by atoms with van der Waals surface area (Å²) in [6.07, 6.45) is 42.7. The van der Waals surface area contributed by atoms with Gasteiger partial charge in [-0.1, -0.05) is 179 Å². The molecule has 0 aromatic heterocycles. The lowest BCUT2D eigenvalue weighted by molar-refractivity contribution is -0.122. The highest BCUT2D eigenvalue weighted by molar-refractivity contribution is 7.85. The fourth-order valence-electron chi connectivity index (χ4n) is 6.13. The zero-order valence-corrected chi connectivity index (χ0v) is 31.7. The van der Waals surface area contributed by atoms with Gasteiger partial charge in [0.1, 0.15) is 0 Å². The van der Waals surface area contributed by atoms with E-state index in [1.807, 2.05) is 0 Å². The van der Waals surface area contributed by atoms with E-state index in [9.17, 15) is 22.9 Å². The maximum atomic E-state index is 12.5. The molecule has 0 aliphatic rings. The highest BCUT2D eigenvalue weighted by atomic mass is 32.2. The molecule has 0 aromatic rings. The first-order chi connectivity index (χ1) is 22.8. The summed E-state index contributed by atoms with van der Waals surface area (Å²) in [5.74, 6) is -0.898. The number of nitrogens with one attached hydrogen (secondary N) is 1. The molecule has 0 fully saturated rings. The van der Waals surface area contributed by atoms with Crippen LogP contribution in [0.5, 0.6) is 0 Å². The van der Waals surface area contributed by atoms with E-state index in [4.69, 9.17) is 0 Å². The molecule has 2 unspecified atom stereocenters. The topological polar surface area (TPSA) is 104 Å². The number of hydrogen-bond donors (Lipinski definition) is 3. The lowest BCUT2D eigenvalue weighted by Gasteiger charge is -2.23. The molecule has 278 valence electrons. The van der Waals surface area contributed by atoms with Crippen molar-refractivity contribution in [3.05, 3.63) is 24.3 Å². The Labute approximate surface area is 292 Å². The Morgan fingerprint density at radius 1 is 0.574 bits per heavy atom. The maximum absolute atomic E-state index is 12.5. The molecule has 0 radical (unpaired) electrons. The van der Waals surface area contributed by atoms with Crippen molar-refractivity contribution in [3.63, 3.8) is 0 Å². The molecule has 0 bridgehead atoms. The van der Waals surface area contributed by atoms with Crippen LogP contribution < -0.4 is 5.32 Å². The van der Waals surface area contributed by atoms with Crippen LogP contribution in [0.25, 0.3) is 0 Å². The van der Waals surface area contributed by atoms with Crippen molar-refractivity contribution in [2.24, 2.45) is 0 Å². The highest BCUT2D eigenvalue weighted by Gasteiger charge is 2.26. The number of carbonyl (C=O) groups excluding carboxylic acids is 1.